The number of aliphatic hydroxyl groups is 1. The Hall–Kier alpha value is -0.300. The van der Waals surface area contributed by atoms with Crippen molar-refractivity contribution in [1.29, 1.82) is 0 Å². The van der Waals surface area contributed by atoms with E-state index >= 15 is 0 Å². The second-order valence-corrected chi connectivity index (χ2v) is 7.72. The molecule has 2 fully saturated rings. The number of rotatable bonds is 2. The van der Waals surface area contributed by atoms with Crippen LogP contribution >= 0.6 is 0 Å². The van der Waals surface area contributed by atoms with Crippen LogP contribution in [-0.2, 0) is 0 Å². The van der Waals surface area contributed by atoms with Crippen LogP contribution in [0.2, 0.25) is 0 Å². The van der Waals surface area contributed by atoms with E-state index < -0.39 is 0 Å². The molecule has 0 amide bonds. The summed E-state index contributed by atoms with van der Waals surface area (Å²) in [7, 11) is 0. The van der Waals surface area contributed by atoms with Gasteiger partial charge in [0.2, 0.25) is 0 Å². The molecule has 3 aliphatic rings. The van der Waals surface area contributed by atoms with Gasteiger partial charge in [-0.1, -0.05) is 32.9 Å². The van der Waals surface area contributed by atoms with E-state index in [4.69, 9.17) is 0 Å². The molecule has 0 heterocycles. The van der Waals surface area contributed by atoms with Crippen LogP contribution < -0.4 is 0 Å². The Morgan fingerprint density at radius 2 is 2.06 bits per heavy atom. The van der Waals surface area contributed by atoms with Gasteiger partial charge in [-0.2, -0.15) is 0 Å². The van der Waals surface area contributed by atoms with Crippen molar-refractivity contribution in [3.63, 3.8) is 0 Å². The lowest BCUT2D eigenvalue weighted by Gasteiger charge is -2.53. The molecular formula is C17H28O. The molecule has 0 aromatic rings. The Bertz CT molecular complexity index is 357. The Morgan fingerprint density at radius 1 is 1.28 bits per heavy atom. The van der Waals surface area contributed by atoms with E-state index in [1.807, 2.05) is 0 Å². The minimum Gasteiger partial charge on any atom is -0.396 e. The molecule has 2 bridgehead atoms. The van der Waals surface area contributed by atoms with Gasteiger partial charge in [-0.05, 0) is 61.2 Å². The van der Waals surface area contributed by atoms with Crippen molar-refractivity contribution < 1.29 is 5.11 Å². The van der Waals surface area contributed by atoms with Gasteiger partial charge in [-0.3, -0.25) is 0 Å². The molecule has 102 valence electrons. The van der Waals surface area contributed by atoms with Gasteiger partial charge in [0, 0.05) is 12.0 Å². The lowest BCUT2D eigenvalue weighted by Crippen LogP contribution is -2.49. The molecule has 5 unspecified atom stereocenters. The van der Waals surface area contributed by atoms with E-state index in [1.165, 1.54) is 25.7 Å². The summed E-state index contributed by atoms with van der Waals surface area (Å²) in [4.78, 5) is 0. The largest absolute Gasteiger partial charge is 0.396 e. The van der Waals surface area contributed by atoms with Gasteiger partial charge in [-0.25, -0.2) is 0 Å². The summed E-state index contributed by atoms with van der Waals surface area (Å²) in [5, 5.41) is 10.2. The molecule has 5 atom stereocenters. The summed E-state index contributed by atoms with van der Waals surface area (Å²) < 4.78 is 0. The molecule has 0 saturated heterocycles. The normalized spacial score (nSPS) is 49.8. The van der Waals surface area contributed by atoms with Gasteiger partial charge < -0.3 is 5.11 Å². The van der Waals surface area contributed by atoms with Crippen LogP contribution in [0.1, 0.15) is 52.9 Å². The average Bonchev–Trinajstić information content (AvgIpc) is 2.89. The first-order valence-electron chi connectivity index (χ1n) is 7.80. The van der Waals surface area contributed by atoms with Gasteiger partial charge in [-0.15, -0.1) is 0 Å². The molecule has 1 heteroatoms. The maximum absolute atomic E-state index is 10.2. The quantitative estimate of drug-likeness (QED) is 0.732. The summed E-state index contributed by atoms with van der Waals surface area (Å²) in [6.45, 7) is 7.66. The van der Waals surface area contributed by atoms with Crippen molar-refractivity contribution >= 4 is 0 Å². The van der Waals surface area contributed by atoms with Crippen molar-refractivity contribution in [3.05, 3.63) is 12.2 Å². The van der Waals surface area contributed by atoms with E-state index in [1.54, 1.807) is 0 Å². The Kier molecular flexibility index (Phi) is 2.89. The summed E-state index contributed by atoms with van der Waals surface area (Å²) in [6, 6.07) is 0. The van der Waals surface area contributed by atoms with E-state index in [9.17, 15) is 5.11 Å². The molecule has 2 saturated carbocycles. The predicted octanol–water partition coefficient (Wildman–Crippen LogP) is 4.02. The monoisotopic (exact) mass is 248 g/mol. The smallest absolute Gasteiger partial charge is 0.0496 e. The highest BCUT2D eigenvalue weighted by molar-refractivity contribution is 5.14. The van der Waals surface area contributed by atoms with Gasteiger partial charge in [0.05, 0.1) is 0 Å². The first-order valence-corrected chi connectivity index (χ1v) is 7.80. The van der Waals surface area contributed by atoms with Crippen molar-refractivity contribution in [1.82, 2.24) is 0 Å². The van der Waals surface area contributed by atoms with E-state index in [2.05, 4.69) is 32.9 Å². The van der Waals surface area contributed by atoms with Crippen LogP contribution in [0.4, 0.5) is 0 Å². The van der Waals surface area contributed by atoms with Gasteiger partial charge in [0.15, 0.2) is 0 Å². The molecule has 0 aliphatic heterocycles. The van der Waals surface area contributed by atoms with E-state index in [-0.39, 0.29) is 5.41 Å². The topological polar surface area (TPSA) is 20.2 Å². The Labute approximate surface area is 112 Å². The maximum Gasteiger partial charge on any atom is 0.0496 e. The summed E-state index contributed by atoms with van der Waals surface area (Å²) >= 11 is 0. The molecule has 3 rings (SSSR count). The zero-order valence-corrected chi connectivity index (χ0v) is 12.2. The molecule has 0 aromatic carbocycles. The molecule has 0 radical (unpaired) electrons. The van der Waals surface area contributed by atoms with Crippen LogP contribution in [0.25, 0.3) is 0 Å². The lowest BCUT2D eigenvalue weighted by atomic mass is 9.52. The highest BCUT2D eigenvalue weighted by atomic mass is 16.3. The summed E-state index contributed by atoms with van der Waals surface area (Å²) in [5.74, 6) is 3.06. The molecule has 1 N–H and O–H groups in total. The summed E-state index contributed by atoms with van der Waals surface area (Å²) in [6.07, 6.45) is 11.3. The third-order valence-electron chi connectivity index (χ3n) is 6.82. The second-order valence-electron chi connectivity index (χ2n) is 7.72. The fraction of sp³-hybridized carbons (Fsp3) is 0.882. The molecule has 18 heavy (non-hydrogen) atoms. The molecule has 0 spiro atoms. The number of hydrogen-bond donors (Lipinski definition) is 1. The van der Waals surface area contributed by atoms with Crippen molar-refractivity contribution in [2.45, 2.75) is 52.9 Å². The van der Waals surface area contributed by atoms with Crippen LogP contribution in [-0.4, -0.2) is 11.7 Å². The number of hydrogen-bond acceptors (Lipinski definition) is 1. The lowest BCUT2D eigenvalue weighted by molar-refractivity contribution is -0.0692. The van der Waals surface area contributed by atoms with Gasteiger partial charge >= 0.3 is 0 Å². The highest BCUT2D eigenvalue weighted by Gasteiger charge is 2.60. The number of allylic oxidation sites excluding steroid dienone is 2. The fourth-order valence-corrected chi connectivity index (χ4v) is 5.90. The van der Waals surface area contributed by atoms with Crippen molar-refractivity contribution in [2.75, 3.05) is 6.61 Å². The SMILES string of the molecule is CC1C=CCCC1(CO)C1C2CCC(C2)C1(C)C. The Morgan fingerprint density at radius 3 is 2.61 bits per heavy atom. The Balaban J connectivity index is 1.99. The predicted molar refractivity (Wildman–Crippen MR) is 75.2 cm³/mol. The maximum atomic E-state index is 10.2. The first kappa shape index (κ1) is 12.7. The first-order chi connectivity index (χ1) is 8.52. The standard InChI is InChI=1S/C17H28O/c1-12-6-4-5-9-17(12,11-18)15-13-7-8-14(10-13)16(15,2)3/h4,6,12-15,18H,5,7-11H2,1-3H3. The van der Waals surface area contributed by atoms with Gasteiger partial charge in [0.25, 0.3) is 0 Å². The molecular weight excluding hydrogens is 220 g/mol. The third-order valence-corrected chi connectivity index (χ3v) is 6.82. The van der Waals surface area contributed by atoms with Crippen LogP contribution in [0, 0.1) is 34.5 Å². The second kappa shape index (κ2) is 4.10. The number of fused-ring (bicyclic) bond motifs is 2. The van der Waals surface area contributed by atoms with Crippen LogP contribution in [0.15, 0.2) is 12.2 Å². The van der Waals surface area contributed by atoms with Crippen LogP contribution in [0.5, 0.6) is 0 Å². The molecule has 3 aliphatic carbocycles. The summed E-state index contributed by atoms with van der Waals surface area (Å²) in [5.41, 5.74) is 0.600. The molecule has 0 aromatic heterocycles. The third kappa shape index (κ3) is 1.49. The fourth-order valence-electron chi connectivity index (χ4n) is 5.90. The highest BCUT2D eigenvalue weighted by Crippen LogP contribution is 2.67. The van der Waals surface area contributed by atoms with Crippen molar-refractivity contribution in [3.8, 4) is 0 Å². The average molecular weight is 248 g/mol. The minimum absolute atomic E-state index is 0.165. The van der Waals surface area contributed by atoms with Crippen molar-refractivity contribution in [2.24, 2.45) is 34.5 Å². The van der Waals surface area contributed by atoms with Crippen LogP contribution in [0.3, 0.4) is 0 Å². The zero-order chi connectivity index (χ0) is 13.0. The minimum atomic E-state index is 0.165. The van der Waals surface area contributed by atoms with E-state index in [0.29, 0.717) is 17.9 Å². The zero-order valence-electron chi connectivity index (χ0n) is 12.2. The molecule has 1 nitrogen and oxygen atoms in total. The number of aliphatic hydroxyl groups excluding tert-OH is 1. The van der Waals surface area contributed by atoms with E-state index in [0.717, 1.165) is 24.2 Å². The van der Waals surface area contributed by atoms with Gasteiger partial charge in [0.1, 0.15) is 0 Å².